The molecule has 0 radical (unpaired) electrons. The third-order valence-electron chi connectivity index (χ3n) is 1.73. The molecule has 0 amide bonds. The van der Waals surface area contributed by atoms with E-state index in [-0.39, 0.29) is 10.2 Å². The summed E-state index contributed by atoms with van der Waals surface area (Å²) in [6.07, 6.45) is 0. The summed E-state index contributed by atoms with van der Waals surface area (Å²) in [5.41, 5.74) is 0.176. The van der Waals surface area contributed by atoms with Crippen molar-refractivity contribution in [1.82, 2.24) is 4.98 Å². The van der Waals surface area contributed by atoms with E-state index in [1.807, 2.05) is 0 Å². The van der Waals surface area contributed by atoms with Gasteiger partial charge in [0.2, 0.25) is 0 Å². The highest BCUT2D eigenvalue weighted by Gasteiger charge is 2.09. The van der Waals surface area contributed by atoms with E-state index in [4.69, 9.17) is 0 Å². The van der Waals surface area contributed by atoms with Gasteiger partial charge in [0.25, 0.3) is 0 Å². The highest BCUT2D eigenvalue weighted by Crippen LogP contribution is 2.28. The summed E-state index contributed by atoms with van der Waals surface area (Å²) < 4.78 is 27.2. The number of hydrogen-bond donors (Lipinski definition) is 1. The second-order valence-electron chi connectivity index (χ2n) is 2.85. The molecule has 0 atom stereocenters. The molecule has 0 aliphatic heterocycles. The van der Waals surface area contributed by atoms with E-state index in [9.17, 15) is 8.78 Å². The summed E-state index contributed by atoms with van der Waals surface area (Å²) >= 11 is 7.50. The predicted molar refractivity (Wildman–Crippen MR) is 67.2 cm³/mol. The molecule has 0 fully saturated rings. The summed E-state index contributed by atoms with van der Waals surface area (Å²) in [6.45, 7) is 0. The van der Waals surface area contributed by atoms with E-state index in [0.29, 0.717) is 9.73 Å². The molecule has 16 heavy (non-hydrogen) atoms. The van der Waals surface area contributed by atoms with Crippen LogP contribution in [0.1, 0.15) is 0 Å². The van der Waals surface area contributed by atoms with Crippen LogP contribution in [0, 0.1) is 11.6 Å². The van der Waals surface area contributed by atoms with Crippen molar-refractivity contribution < 1.29 is 8.78 Å². The van der Waals surface area contributed by atoms with Crippen molar-refractivity contribution in [3.05, 3.63) is 38.2 Å². The molecule has 1 heterocycles. The van der Waals surface area contributed by atoms with E-state index >= 15 is 0 Å². The maximum atomic E-state index is 13.4. The Kier molecular flexibility index (Phi) is 3.56. The van der Waals surface area contributed by atoms with Crippen LogP contribution in [0.5, 0.6) is 0 Å². The van der Waals surface area contributed by atoms with Crippen molar-refractivity contribution in [1.29, 1.82) is 0 Å². The Bertz CT molecular complexity index is 530. The minimum atomic E-state index is -0.660. The van der Waals surface area contributed by atoms with E-state index in [1.54, 1.807) is 5.38 Å². The molecule has 0 saturated heterocycles. The van der Waals surface area contributed by atoms with Gasteiger partial charge in [-0.2, -0.15) is 0 Å². The monoisotopic (exact) mass is 368 g/mol. The second-order valence-corrected chi connectivity index (χ2v) is 5.37. The maximum Gasteiger partial charge on any atom is 0.188 e. The zero-order valence-electron chi connectivity index (χ0n) is 7.60. The fourth-order valence-corrected chi connectivity index (χ4v) is 2.55. The number of thiazole rings is 1. The summed E-state index contributed by atoms with van der Waals surface area (Å²) in [6, 6.07) is 2.15. The van der Waals surface area contributed by atoms with Gasteiger partial charge in [0, 0.05) is 11.4 Å². The minimum absolute atomic E-state index is 0.176. The van der Waals surface area contributed by atoms with Crippen molar-refractivity contribution >= 4 is 54.0 Å². The lowest BCUT2D eigenvalue weighted by atomic mass is 10.3. The Morgan fingerprint density at radius 2 is 1.94 bits per heavy atom. The SMILES string of the molecule is Fc1cc(F)c(Nc2nc(Br)cs2)cc1Br. The zero-order valence-corrected chi connectivity index (χ0v) is 11.6. The van der Waals surface area contributed by atoms with E-state index in [0.717, 1.165) is 6.07 Å². The maximum absolute atomic E-state index is 13.4. The van der Waals surface area contributed by atoms with Crippen LogP contribution in [-0.2, 0) is 0 Å². The number of hydrogen-bond acceptors (Lipinski definition) is 3. The third-order valence-corrected chi connectivity index (χ3v) is 3.80. The normalized spacial score (nSPS) is 10.5. The standard InChI is InChI=1S/C9H4Br2F2N2S/c10-4-1-7(6(13)2-5(4)12)14-9-15-8(11)3-16-9/h1-3H,(H,14,15). The fourth-order valence-electron chi connectivity index (χ4n) is 1.05. The average Bonchev–Trinajstić information content (AvgIpc) is 2.60. The molecule has 7 heteroatoms. The van der Waals surface area contributed by atoms with Gasteiger partial charge < -0.3 is 5.32 Å². The molecule has 0 saturated carbocycles. The number of halogens is 4. The lowest BCUT2D eigenvalue weighted by Gasteiger charge is -2.05. The van der Waals surface area contributed by atoms with Crippen LogP contribution in [0.15, 0.2) is 26.6 Å². The zero-order chi connectivity index (χ0) is 11.7. The largest absolute Gasteiger partial charge is 0.329 e. The molecule has 0 aliphatic rings. The van der Waals surface area contributed by atoms with Crippen molar-refractivity contribution in [3.63, 3.8) is 0 Å². The number of aromatic nitrogens is 1. The molecule has 2 aromatic rings. The van der Waals surface area contributed by atoms with Crippen LogP contribution in [0.4, 0.5) is 19.6 Å². The van der Waals surface area contributed by atoms with Gasteiger partial charge in [-0.3, -0.25) is 0 Å². The molecule has 1 aromatic carbocycles. The number of anilines is 2. The smallest absolute Gasteiger partial charge is 0.188 e. The van der Waals surface area contributed by atoms with E-state index in [2.05, 4.69) is 42.2 Å². The topological polar surface area (TPSA) is 24.9 Å². The number of nitrogens with zero attached hydrogens (tertiary/aromatic N) is 1. The molecule has 84 valence electrons. The summed E-state index contributed by atoms with van der Waals surface area (Å²) in [5.74, 6) is -1.30. The Labute approximate surface area is 111 Å². The van der Waals surface area contributed by atoms with Crippen molar-refractivity contribution in [2.45, 2.75) is 0 Å². The Morgan fingerprint density at radius 3 is 2.56 bits per heavy atom. The average molecular weight is 370 g/mol. The van der Waals surface area contributed by atoms with Gasteiger partial charge in [-0.1, -0.05) is 0 Å². The number of rotatable bonds is 2. The summed E-state index contributed by atoms with van der Waals surface area (Å²) in [5, 5.41) is 5.06. The van der Waals surface area contributed by atoms with Crippen LogP contribution in [0.3, 0.4) is 0 Å². The van der Waals surface area contributed by atoms with E-state index < -0.39 is 11.6 Å². The van der Waals surface area contributed by atoms with Gasteiger partial charge in [0.15, 0.2) is 5.13 Å². The molecular weight excluding hydrogens is 366 g/mol. The molecule has 2 nitrogen and oxygen atoms in total. The van der Waals surface area contributed by atoms with Crippen molar-refractivity contribution in [2.75, 3.05) is 5.32 Å². The first kappa shape index (κ1) is 11.9. The summed E-state index contributed by atoms with van der Waals surface area (Å²) in [7, 11) is 0. The highest BCUT2D eigenvalue weighted by atomic mass is 79.9. The molecule has 1 N–H and O–H groups in total. The number of nitrogens with one attached hydrogen (secondary N) is 1. The molecular formula is C9H4Br2F2N2S. The van der Waals surface area contributed by atoms with Crippen LogP contribution in [0.2, 0.25) is 0 Å². The Hall–Kier alpha value is -0.530. The Balaban J connectivity index is 2.31. The lowest BCUT2D eigenvalue weighted by Crippen LogP contribution is -1.94. The molecule has 0 bridgehead atoms. The van der Waals surface area contributed by atoms with E-state index in [1.165, 1.54) is 17.4 Å². The fraction of sp³-hybridized carbons (Fsp3) is 0. The quantitative estimate of drug-likeness (QED) is 0.776. The molecule has 0 unspecified atom stereocenters. The third kappa shape index (κ3) is 2.58. The van der Waals surface area contributed by atoms with Crippen LogP contribution in [-0.4, -0.2) is 4.98 Å². The first-order chi connectivity index (χ1) is 7.56. The van der Waals surface area contributed by atoms with Gasteiger partial charge in [0.05, 0.1) is 10.2 Å². The van der Waals surface area contributed by atoms with Gasteiger partial charge in [0.1, 0.15) is 16.2 Å². The molecule has 0 aliphatic carbocycles. The van der Waals surface area contributed by atoms with Crippen molar-refractivity contribution in [2.24, 2.45) is 0 Å². The van der Waals surface area contributed by atoms with Gasteiger partial charge in [-0.25, -0.2) is 13.8 Å². The number of benzene rings is 1. The van der Waals surface area contributed by atoms with Crippen LogP contribution >= 0.6 is 43.2 Å². The van der Waals surface area contributed by atoms with Gasteiger partial charge in [-0.05, 0) is 37.9 Å². The summed E-state index contributed by atoms with van der Waals surface area (Å²) in [4.78, 5) is 4.05. The predicted octanol–water partition coefficient (Wildman–Crippen LogP) is 4.69. The molecule has 2 rings (SSSR count). The highest BCUT2D eigenvalue weighted by molar-refractivity contribution is 9.10. The lowest BCUT2D eigenvalue weighted by molar-refractivity contribution is 0.581. The first-order valence-corrected chi connectivity index (χ1v) is 6.55. The van der Waals surface area contributed by atoms with Crippen LogP contribution in [0.25, 0.3) is 0 Å². The first-order valence-electron chi connectivity index (χ1n) is 4.09. The Morgan fingerprint density at radius 1 is 1.19 bits per heavy atom. The minimum Gasteiger partial charge on any atom is -0.329 e. The molecule has 0 spiro atoms. The van der Waals surface area contributed by atoms with Crippen LogP contribution < -0.4 is 5.32 Å². The molecule has 1 aromatic heterocycles. The van der Waals surface area contributed by atoms with Crippen molar-refractivity contribution in [3.8, 4) is 0 Å². The van der Waals surface area contributed by atoms with Gasteiger partial charge in [-0.15, -0.1) is 11.3 Å². The van der Waals surface area contributed by atoms with Gasteiger partial charge >= 0.3 is 0 Å². The second kappa shape index (κ2) is 4.77.